The second kappa shape index (κ2) is 7.51. The topological polar surface area (TPSA) is 30.5 Å². The molecule has 1 fully saturated rings. The van der Waals surface area contributed by atoms with Gasteiger partial charge in [0, 0.05) is 12.2 Å². The highest BCUT2D eigenvalue weighted by Gasteiger charge is 2.12. The van der Waals surface area contributed by atoms with Crippen LogP contribution in [0.2, 0.25) is 0 Å². The number of piperidine rings is 1. The SMILES string of the molecule is COc1ccc(C)cc1COCCC1CCCNC1. The Morgan fingerprint density at radius 2 is 2.26 bits per heavy atom. The van der Waals surface area contributed by atoms with E-state index in [-0.39, 0.29) is 0 Å². The van der Waals surface area contributed by atoms with Gasteiger partial charge in [0.15, 0.2) is 0 Å². The second-order valence-corrected chi connectivity index (χ2v) is 5.37. The van der Waals surface area contributed by atoms with Crippen LogP contribution in [0.1, 0.15) is 30.4 Å². The van der Waals surface area contributed by atoms with Crippen molar-refractivity contribution in [2.75, 3.05) is 26.8 Å². The van der Waals surface area contributed by atoms with Crippen molar-refractivity contribution in [3.8, 4) is 5.75 Å². The van der Waals surface area contributed by atoms with E-state index in [1.165, 1.54) is 24.9 Å². The summed E-state index contributed by atoms with van der Waals surface area (Å²) in [5.41, 5.74) is 2.39. The second-order valence-electron chi connectivity index (χ2n) is 5.37. The minimum absolute atomic E-state index is 0.644. The maximum atomic E-state index is 5.81. The fourth-order valence-corrected chi connectivity index (χ4v) is 2.62. The van der Waals surface area contributed by atoms with Crippen LogP contribution in [0.3, 0.4) is 0 Å². The van der Waals surface area contributed by atoms with Crippen molar-refractivity contribution in [2.24, 2.45) is 5.92 Å². The van der Waals surface area contributed by atoms with Crippen molar-refractivity contribution >= 4 is 0 Å². The van der Waals surface area contributed by atoms with Crippen LogP contribution >= 0.6 is 0 Å². The summed E-state index contributed by atoms with van der Waals surface area (Å²) in [5, 5.41) is 3.44. The molecule has 1 atom stereocenters. The number of hydrogen-bond donors (Lipinski definition) is 1. The van der Waals surface area contributed by atoms with Gasteiger partial charge in [0.1, 0.15) is 5.75 Å². The van der Waals surface area contributed by atoms with Crippen LogP contribution in [-0.4, -0.2) is 26.8 Å². The van der Waals surface area contributed by atoms with Crippen LogP contribution in [0.4, 0.5) is 0 Å². The molecule has 1 saturated heterocycles. The smallest absolute Gasteiger partial charge is 0.124 e. The number of ether oxygens (including phenoxy) is 2. The summed E-state index contributed by atoms with van der Waals surface area (Å²) in [6.45, 7) is 5.90. The van der Waals surface area contributed by atoms with Gasteiger partial charge in [-0.1, -0.05) is 17.7 Å². The lowest BCUT2D eigenvalue weighted by atomic mass is 9.97. The molecular weight excluding hydrogens is 238 g/mol. The van der Waals surface area contributed by atoms with E-state index in [0.717, 1.165) is 36.8 Å². The van der Waals surface area contributed by atoms with Crippen molar-refractivity contribution in [2.45, 2.75) is 32.8 Å². The molecule has 0 aromatic heterocycles. The molecule has 0 saturated carbocycles. The number of hydrogen-bond acceptors (Lipinski definition) is 3. The quantitative estimate of drug-likeness (QED) is 0.801. The Bertz CT molecular complexity index is 386. The lowest BCUT2D eigenvalue weighted by molar-refractivity contribution is 0.102. The molecule has 0 aliphatic carbocycles. The molecule has 1 unspecified atom stereocenters. The fraction of sp³-hybridized carbons (Fsp3) is 0.625. The first-order chi connectivity index (χ1) is 9.29. The van der Waals surface area contributed by atoms with E-state index in [1.807, 2.05) is 6.07 Å². The highest BCUT2D eigenvalue weighted by atomic mass is 16.5. The van der Waals surface area contributed by atoms with Crippen LogP contribution in [0, 0.1) is 12.8 Å². The van der Waals surface area contributed by atoms with Crippen molar-refractivity contribution in [1.82, 2.24) is 5.32 Å². The van der Waals surface area contributed by atoms with Crippen LogP contribution in [0.15, 0.2) is 18.2 Å². The van der Waals surface area contributed by atoms with Gasteiger partial charge in [-0.15, -0.1) is 0 Å². The zero-order chi connectivity index (χ0) is 13.5. The Labute approximate surface area is 116 Å². The summed E-state index contributed by atoms with van der Waals surface area (Å²) < 4.78 is 11.2. The van der Waals surface area contributed by atoms with Crippen LogP contribution < -0.4 is 10.1 Å². The minimum atomic E-state index is 0.644. The van der Waals surface area contributed by atoms with Crippen LogP contribution in [-0.2, 0) is 11.3 Å². The molecule has 0 radical (unpaired) electrons. The van der Waals surface area contributed by atoms with E-state index in [9.17, 15) is 0 Å². The van der Waals surface area contributed by atoms with E-state index < -0.39 is 0 Å². The predicted molar refractivity (Wildman–Crippen MR) is 77.6 cm³/mol. The Morgan fingerprint density at radius 1 is 1.37 bits per heavy atom. The first-order valence-electron chi connectivity index (χ1n) is 7.21. The summed E-state index contributed by atoms with van der Waals surface area (Å²) in [7, 11) is 1.71. The standard InChI is InChI=1S/C16H25NO2/c1-13-5-6-16(18-2)15(10-13)12-19-9-7-14-4-3-8-17-11-14/h5-6,10,14,17H,3-4,7-9,11-12H2,1-2H3. The molecule has 1 aromatic rings. The molecule has 1 aromatic carbocycles. The van der Waals surface area contributed by atoms with E-state index in [0.29, 0.717) is 6.61 Å². The molecule has 0 bridgehead atoms. The zero-order valence-corrected chi connectivity index (χ0v) is 12.1. The zero-order valence-electron chi connectivity index (χ0n) is 12.1. The minimum Gasteiger partial charge on any atom is -0.496 e. The summed E-state index contributed by atoms with van der Waals surface area (Å²) in [4.78, 5) is 0. The third kappa shape index (κ3) is 4.51. The first-order valence-corrected chi connectivity index (χ1v) is 7.21. The van der Waals surface area contributed by atoms with Crippen LogP contribution in [0.25, 0.3) is 0 Å². The van der Waals surface area contributed by atoms with E-state index in [1.54, 1.807) is 7.11 Å². The molecule has 3 nitrogen and oxygen atoms in total. The molecule has 1 N–H and O–H groups in total. The molecule has 19 heavy (non-hydrogen) atoms. The maximum Gasteiger partial charge on any atom is 0.124 e. The predicted octanol–water partition coefficient (Wildman–Crippen LogP) is 2.91. The summed E-state index contributed by atoms with van der Waals surface area (Å²) in [6, 6.07) is 6.22. The highest BCUT2D eigenvalue weighted by Crippen LogP contribution is 2.21. The lowest BCUT2D eigenvalue weighted by Crippen LogP contribution is -2.30. The number of methoxy groups -OCH3 is 1. The van der Waals surface area contributed by atoms with Crippen molar-refractivity contribution < 1.29 is 9.47 Å². The number of aryl methyl sites for hydroxylation is 1. The van der Waals surface area contributed by atoms with Gasteiger partial charge in [-0.3, -0.25) is 0 Å². The van der Waals surface area contributed by atoms with Gasteiger partial charge in [0.25, 0.3) is 0 Å². The van der Waals surface area contributed by atoms with E-state index in [4.69, 9.17) is 9.47 Å². The Balaban J connectivity index is 1.74. The Hall–Kier alpha value is -1.06. The molecule has 0 spiro atoms. The maximum absolute atomic E-state index is 5.81. The monoisotopic (exact) mass is 263 g/mol. The highest BCUT2D eigenvalue weighted by molar-refractivity contribution is 5.36. The fourth-order valence-electron chi connectivity index (χ4n) is 2.62. The molecule has 1 aliphatic heterocycles. The summed E-state index contributed by atoms with van der Waals surface area (Å²) in [6.07, 6.45) is 3.79. The van der Waals surface area contributed by atoms with Crippen molar-refractivity contribution in [3.05, 3.63) is 29.3 Å². The van der Waals surface area contributed by atoms with Gasteiger partial charge in [-0.05, 0) is 51.3 Å². The molecule has 1 heterocycles. The first kappa shape index (κ1) is 14.4. The third-order valence-electron chi connectivity index (χ3n) is 3.76. The van der Waals surface area contributed by atoms with Gasteiger partial charge < -0.3 is 14.8 Å². The largest absolute Gasteiger partial charge is 0.496 e. The molecule has 106 valence electrons. The van der Waals surface area contributed by atoms with Gasteiger partial charge in [-0.25, -0.2) is 0 Å². The Kier molecular flexibility index (Phi) is 5.67. The number of rotatable bonds is 6. The molecule has 3 heteroatoms. The van der Waals surface area contributed by atoms with E-state index in [2.05, 4.69) is 24.4 Å². The number of benzene rings is 1. The van der Waals surface area contributed by atoms with E-state index >= 15 is 0 Å². The average molecular weight is 263 g/mol. The summed E-state index contributed by atoms with van der Waals surface area (Å²) in [5.74, 6) is 1.71. The third-order valence-corrected chi connectivity index (χ3v) is 3.76. The lowest BCUT2D eigenvalue weighted by Gasteiger charge is -2.22. The average Bonchev–Trinajstić information content (AvgIpc) is 2.45. The van der Waals surface area contributed by atoms with Crippen molar-refractivity contribution in [1.29, 1.82) is 0 Å². The van der Waals surface area contributed by atoms with Gasteiger partial charge >= 0.3 is 0 Å². The van der Waals surface area contributed by atoms with Crippen LogP contribution in [0.5, 0.6) is 5.75 Å². The van der Waals surface area contributed by atoms with Crippen molar-refractivity contribution in [3.63, 3.8) is 0 Å². The van der Waals surface area contributed by atoms with Gasteiger partial charge in [-0.2, -0.15) is 0 Å². The summed E-state index contributed by atoms with van der Waals surface area (Å²) >= 11 is 0. The molecule has 1 aliphatic rings. The molecular formula is C16H25NO2. The Morgan fingerprint density at radius 3 is 3.00 bits per heavy atom. The van der Waals surface area contributed by atoms with Gasteiger partial charge in [0.05, 0.1) is 13.7 Å². The normalized spacial score (nSPS) is 19.4. The number of nitrogens with one attached hydrogen (secondary N) is 1. The molecule has 2 rings (SSSR count). The van der Waals surface area contributed by atoms with Gasteiger partial charge in [0.2, 0.25) is 0 Å². The molecule has 0 amide bonds.